The lowest BCUT2D eigenvalue weighted by Crippen LogP contribution is -2.35. The van der Waals surface area contributed by atoms with Gasteiger partial charge in [0, 0.05) is 35.0 Å². The Bertz CT molecular complexity index is 1770. The second-order valence-corrected chi connectivity index (χ2v) is 10.4. The van der Waals surface area contributed by atoms with Crippen LogP contribution in [0.2, 0.25) is 0 Å². The molecule has 44 heavy (non-hydrogen) atoms. The molecule has 224 valence electrons. The van der Waals surface area contributed by atoms with Gasteiger partial charge in [-0.3, -0.25) is 24.4 Å². The van der Waals surface area contributed by atoms with E-state index in [0.29, 0.717) is 16.8 Å². The first kappa shape index (κ1) is 31.1. The standard InChI is InChI=1S/C33H34N8O3/c1-4-27(22-8-6-5-7-9-22)40-32(43)25-14-24(15-26(34)16-25)28-18-38-31(39-20(2)3)33(44)41(28)19-29(42)37-17-21-10-12-23(13-11-21)30(35)36/h1,5-16,18,20,27H,17,19,34H2,2-3H3,(H3,35,36)(H,37,42)(H,38,39)(H,40,43)/t27-/m1/s1. The average molecular weight is 591 g/mol. The van der Waals surface area contributed by atoms with Crippen molar-refractivity contribution in [2.24, 2.45) is 5.73 Å². The van der Waals surface area contributed by atoms with Gasteiger partial charge in [0.15, 0.2) is 5.82 Å². The summed E-state index contributed by atoms with van der Waals surface area (Å²) in [5.74, 6) is 1.73. The van der Waals surface area contributed by atoms with Crippen molar-refractivity contribution in [2.75, 3.05) is 11.1 Å². The lowest BCUT2D eigenvalue weighted by atomic mass is 10.0. The van der Waals surface area contributed by atoms with Crippen LogP contribution < -0.4 is 33.0 Å². The molecule has 1 aromatic heterocycles. The molecule has 0 fully saturated rings. The van der Waals surface area contributed by atoms with Gasteiger partial charge in [-0.05, 0) is 43.2 Å². The zero-order chi connectivity index (χ0) is 31.8. The molecule has 0 saturated carbocycles. The van der Waals surface area contributed by atoms with Crippen LogP contribution in [0, 0.1) is 17.8 Å². The molecule has 0 spiro atoms. The third kappa shape index (κ3) is 7.68. The van der Waals surface area contributed by atoms with Crippen LogP contribution in [0.1, 0.15) is 46.9 Å². The number of carbonyl (C=O) groups is 2. The molecule has 0 saturated heterocycles. The Morgan fingerprint density at radius 2 is 1.75 bits per heavy atom. The van der Waals surface area contributed by atoms with Gasteiger partial charge in [0.1, 0.15) is 18.4 Å². The van der Waals surface area contributed by atoms with Gasteiger partial charge in [-0.1, -0.05) is 60.5 Å². The summed E-state index contributed by atoms with van der Waals surface area (Å²) < 4.78 is 1.29. The van der Waals surface area contributed by atoms with Crippen LogP contribution in [0.5, 0.6) is 0 Å². The number of hydrogen-bond donors (Lipinski definition) is 6. The van der Waals surface area contributed by atoms with Gasteiger partial charge in [-0.25, -0.2) is 4.98 Å². The van der Waals surface area contributed by atoms with Gasteiger partial charge in [0.25, 0.3) is 11.5 Å². The molecule has 0 aliphatic rings. The fourth-order valence-corrected chi connectivity index (χ4v) is 4.46. The highest BCUT2D eigenvalue weighted by atomic mass is 16.2. The summed E-state index contributed by atoms with van der Waals surface area (Å²) in [7, 11) is 0. The van der Waals surface area contributed by atoms with E-state index in [1.54, 1.807) is 36.4 Å². The zero-order valence-electron chi connectivity index (χ0n) is 24.4. The Balaban J connectivity index is 1.63. The fraction of sp³-hybridized carbons (Fsp3) is 0.182. The first-order chi connectivity index (χ1) is 21.0. The number of nitrogens with zero attached hydrogens (tertiary/aromatic N) is 2. The summed E-state index contributed by atoms with van der Waals surface area (Å²) in [4.78, 5) is 44.2. The van der Waals surface area contributed by atoms with Crippen molar-refractivity contribution in [3.63, 3.8) is 0 Å². The Kier molecular flexibility index (Phi) is 9.77. The number of amides is 2. The largest absolute Gasteiger partial charge is 0.399 e. The van der Waals surface area contributed by atoms with Crippen molar-refractivity contribution in [1.29, 1.82) is 5.41 Å². The van der Waals surface area contributed by atoms with E-state index >= 15 is 0 Å². The van der Waals surface area contributed by atoms with Crippen LogP contribution in [0.3, 0.4) is 0 Å². The van der Waals surface area contributed by atoms with Gasteiger partial charge < -0.3 is 27.4 Å². The SMILES string of the molecule is C#C[C@@H](NC(=O)c1cc(N)cc(-c2cnc(NC(C)C)c(=O)n2CC(=O)NCc2ccc(C(=N)N)cc2)c1)c1ccccc1. The second kappa shape index (κ2) is 13.8. The molecular formula is C33H34N8O3. The molecule has 0 unspecified atom stereocenters. The van der Waals surface area contributed by atoms with E-state index in [2.05, 4.69) is 26.9 Å². The van der Waals surface area contributed by atoms with Gasteiger partial charge in [0.2, 0.25) is 5.91 Å². The summed E-state index contributed by atoms with van der Waals surface area (Å²) in [6.45, 7) is 3.61. The van der Waals surface area contributed by atoms with E-state index in [9.17, 15) is 14.4 Å². The number of nitrogens with two attached hydrogens (primary N) is 2. The molecule has 0 radical (unpaired) electrons. The number of nitrogens with one attached hydrogen (secondary N) is 4. The summed E-state index contributed by atoms with van der Waals surface area (Å²) in [6, 6.07) is 20.0. The molecule has 0 bridgehead atoms. The van der Waals surface area contributed by atoms with E-state index < -0.39 is 23.4 Å². The maximum atomic E-state index is 13.5. The Morgan fingerprint density at radius 3 is 2.39 bits per heavy atom. The van der Waals surface area contributed by atoms with Crippen LogP contribution >= 0.6 is 0 Å². The first-order valence-electron chi connectivity index (χ1n) is 13.8. The first-order valence-corrected chi connectivity index (χ1v) is 13.8. The summed E-state index contributed by atoms with van der Waals surface area (Å²) in [6.07, 6.45) is 7.16. The van der Waals surface area contributed by atoms with Crippen molar-refractivity contribution >= 4 is 29.2 Å². The van der Waals surface area contributed by atoms with Gasteiger partial charge in [-0.2, -0.15) is 0 Å². The van der Waals surface area contributed by atoms with E-state index in [-0.39, 0.29) is 42.0 Å². The summed E-state index contributed by atoms with van der Waals surface area (Å²) in [5, 5.41) is 16.2. The van der Waals surface area contributed by atoms with Gasteiger partial charge >= 0.3 is 0 Å². The molecule has 0 aliphatic heterocycles. The highest BCUT2D eigenvalue weighted by Gasteiger charge is 2.19. The van der Waals surface area contributed by atoms with E-state index in [4.69, 9.17) is 23.3 Å². The van der Waals surface area contributed by atoms with E-state index in [1.807, 2.05) is 44.2 Å². The third-order valence-corrected chi connectivity index (χ3v) is 6.62. The molecule has 1 atom stereocenters. The molecule has 11 heteroatoms. The summed E-state index contributed by atoms with van der Waals surface area (Å²) >= 11 is 0. The molecule has 0 aliphatic carbocycles. The van der Waals surface area contributed by atoms with Gasteiger partial charge in [-0.15, -0.1) is 6.42 Å². The third-order valence-electron chi connectivity index (χ3n) is 6.62. The monoisotopic (exact) mass is 590 g/mol. The fourth-order valence-electron chi connectivity index (χ4n) is 4.46. The number of carbonyl (C=O) groups excluding carboxylic acids is 2. The summed E-state index contributed by atoms with van der Waals surface area (Å²) in [5.41, 5.74) is 14.5. The van der Waals surface area contributed by atoms with E-state index in [0.717, 1.165) is 11.1 Å². The van der Waals surface area contributed by atoms with Crippen LogP contribution in [0.4, 0.5) is 11.5 Å². The number of benzene rings is 3. The predicted molar refractivity (Wildman–Crippen MR) is 172 cm³/mol. The maximum absolute atomic E-state index is 13.5. The lowest BCUT2D eigenvalue weighted by Gasteiger charge is -2.18. The minimum Gasteiger partial charge on any atom is -0.399 e. The highest BCUT2D eigenvalue weighted by Crippen LogP contribution is 2.24. The molecule has 2 amide bonds. The highest BCUT2D eigenvalue weighted by molar-refractivity contribution is 5.97. The molecule has 8 N–H and O–H groups in total. The van der Waals surface area contributed by atoms with Crippen molar-refractivity contribution in [1.82, 2.24) is 20.2 Å². The quantitative estimate of drug-likeness (QED) is 0.0672. The zero-order valence-corrected chi connectivity index (χ0v) is 24.4. The molecule has 4 aromatic rings. The van der Waals surface area contributed by atoms with Crippen molar-refractivity contribution in [3.05, 3.63) is 112 Å². The lowest BCUT2D eigenvalue weighted by molar-refractivity contribution is -0.121. The van der Waals surface area contributed by atoms with Crippen molar-refractivity contribution in [3.8, 4) is 23.6 Å². The van der Waals surface area contributed by atoms with Gasteiger partial charge in [0.05, 0.1) is 11.9 Å². The Hall–Kier alpha value is -5.89. The molecule has 1 heterocycles. The normalized spacial score (nSPS) is 11.3. The second-order valence-electron chi connectivity index (χ2n) is 10.4. The Labute approximate surface area is 255 Å². The van der Waals surface area contributed by atoms with Crippen LogP contribution in [-0.2, 0) is 17.9 Å². The van der Waals surface area contributed by atoms with Crippen LogP contribution in [-0.4, -0.2) is 33.2 Å². The topological polar surface area (TPSA) is 181 Å². The van der Waals surface area contributed by atoms with Crippen molar-refractivity contribution < 1.29 is 9.59 Å². The number of terminal acetylenes is 1. The molecule has 4 rings (SSSR count). The smallest absolute Gasteiger partial charge is 0.294 e. The number of amidine groups is 1. The minimum absolute atomic E-state index is 0.0507. The number of anilines is 2. The molecule has 3 aromatic carbocycles. The van der Waals surface area contributed by atoms with Crippen LogP contribution in [0.15, 0.2) is 83.8 Å². The molecule has 11 nitrogen and oxygen atoms in total. The van der Waals surface area contributed by atoms with Crippen LogP contribution in [0.25, 0.3) is 11.3 Å². The Morgan fingerprint density at radius 1 is 1.05 bits per heavy atom. The van der Waals surface area contributed by atoms with Crippen molar-refractivity contribution in [2.45, 2.75) is 39.0 Å². The number of aromatic nitrogens is 2. The number of hydrogen-bond acceptors (Lipinski definition) is 7. The van der Waals surface area contributed by atoms with E-state index in [1.165, 1.54) is 16.8 Å². The minimum atomic E-state index is -0.669. The molecular weight excluding hydrogens is 556 g/mol. The number of rotatable bonds is 11. The number of nitrogen functional groups attached to an aromatic ring is 2. The maximum Gasteiger partial charge on any atom is 0.294 e. The average Bonchev–Trinajstić information content (AvgIpc) is 3.00. The predicted octanol–water partition coefficient (Wildman–Crippen LogP) is 3.02.